The number of ether oxygens (including phenoxy) is 1. The van der Waals surface area contributed by atoms with Gasteiger partial charge in [0, 0.05) is 18.5 Å². The molecule has 0 radical (unpaired) electrons. The zero-order valence-corrected chi connectivity index (χ0v) is 13.5. The summed E-state index contributed by atoms with van der Waals surface area (Å²) in [6.07, 6.45) is 4.44. The van der Waals surface area contributed by atoms with E-state index in [-0.39, 0.29) is 36.9 Å². The molecule has 120 valence electrons. The van der Waals surface area contributed by atoms with Crippen LogP contribution in [0, 0.1) is 0 Å². The highest BCUT2D eigenvalue weighted by molar-refractivity contribution is 7.09. The van der Waals surface area contributed by atoms with Crippen LogP contribution in [0.1, 0.15) is 36.4 Å². The number of fused-ring (bicyclic) bond motifs is 1. The van der Waals surface area contributed by atoms with Crippen LogP contribution in [-0.4, -0.2) is 47.4 Å². The minimum absolute atomic E-state index is 0.000942. The summed E-state index contributed by atoms with van der Waals surface area (Å²) in [5.74, 6) is -0.0455. The summed E-state index contributed by atoms with van der Waals surface area (Å²) in [7, 11) is 1.63. The molecule has 0 aromatic carbocycles. The van der Waals surface area contributed by atoms with Gasteiger partial charge in [0.2, 0.25) is 11.8 Å². The zero-order valence-electron chi connectivity index (χ0n) is 12.7. The molecular formula is C15H21N3O3S. The molecule has 2 amide bonds. The number of piperazine rings is 1. The quantitative estimate of drug-likeness (QED) is 0.901. The van der Waals surface area contributed by atoms with E-state index in [4.69, 9.17) is 4.74 Å². The molecule has 1 aromatic rings. The monoisotopic (exact) mass is 323 g/mol. The van der Waals surface area contributed by atoms with Crippen LogP contribution >= 0.6 is 11.3 Å². The number of carbonyl (C=O) groups is 2. The number of nitrogens with one attached hydrogen (secondary N) is 1. The molecule has 1 N–H and O–H groups in total. The standard InChI is InChI=1S/C15H21N3O3S/c1-21-8-14-16-10(9-22-14)6-15(20)18-7-13(19)17-11-4-2-3-5-12(11)18/h9,11-12H,2-8H2,1H3,(H,17,19)/t11-,12+/m1/s1. The fourth-order valence-electron chi connectivity index (χ4n) is 3.33. The van der Waals surface area contributed by atoms with E-state index in [1.807, 2.05) is 5.38 Å². The molecule has 1 aromatic heterocycles. The number of hydrogen-bond donors (Lipinski definition) is 1. The number of hydrogen-bond acceptors (Lipinski definition) is 5. The maximum Gasteiger partial charge on any atom is 0.239 e. The van der Waals surface area contributed by atoms with Crippen molar-refractivity contribution in [3.05, 3.63) is 16.1 Å². The third-order valence-electron chi connectivity index (χ3n) is 4.31. The molecule has 22 heavy (non-hydrogen) atoms. The maximum absolute atomic E-state index is 12.6. The fraction of sp³-hybridized carbons (Fsp3) is 0.667. The van der Waals surface area contributed by atoms with E-state index in [0.29, 0.717) is 6.61 Å². The Morgan fingerprint density at radius 2 is 2.32 bits per heavy atom. The molecule has 2 aliphatic rings. The number of amides is 2. The lowest BCUT2D eigenvalue weighted by atomic mass is 9.87. The SMILES string of the molecule is COCc1nc(CC(=O)N2CC(=O)N[C@@H]3CCCC[C@@H]32)cs1. The minimum Gasteiger partial charge on any atom is -0.378 e. The summed E-state index contributed by atoms with van der Waals surface area (Å²) in [6.45, 7) is 0.644. The molecule has 1 saturated carbocycles. The predicted molar refractivity (Wildman–Crippen MR) is 82.4 cm³/mol. The van der Waals surface area contributed by atoms with E-state index < -0.39 is 0 Å². The molecule has 3 rings (SSSR count). The lowest BCUT2D eigenvalue weighted by molar-refractivity contribution is -0.143. The van der Waals surface area contributed by atoms with Gasteiger partial charge >= 0.3 is 0 Å². The van der Waals surface area contributed by atoms with Crippen molar-refractivity contribution >= 4 is 23.2 Å². The second kappa shape index (κ2) is 6.75. The Labute approximate surface area is 133 Å². The zero-order chi connectivity index (χ0) is 15.5. The molecule has 7 heteroatoms. The van der Waals surface area contributed by atoms with Gasteiger partial charge in [0.05, 0.1) is 31.3 Å². The van der Waals surface area contributed by atoms with E-state index >= 15 is 0 Å². The fourth-order valence-corrected chi connectivity index (χ4v) is 4.09. The van der Waals surface area contributed by atoms with E-state index in [9.17, 15) is 9.59 Å². The van der Waals surface area contributed by atoms with Gasteiger partial charge in [0.1, 0.15) is 5.01 Å². The Balaban J connectivity index is 1.67. The van der Waals surface area contributed by atoms with E-state index in [1.165, 1.54) is 11.3 Å². The van der Waals surface area contributed by atoms with Crippen molar-refractivity contribution < 1.29 is 14.3 Å². The van der Waals surface area contributed by atoms with Gasteiger partial charge < -0.3 is 15.0 Å². The first-order valence-corrected chi connectivity index (χ1v) is 8.56. The Morgan fingerprint density at radius 1 is 1.50 bits per heavy atom. The molecule has 0 unspecified atom stereocenters. The second-order valence-electron chi connectivity index (χ2n) is 5.89. The van der Waals surface area contributed by atoms with Crippen molar-refractivity contribution in [1.82, 2.24) is 15.2 Å². The molecule has 2 atom stereocenters. The van der Waals surface area contributed by atoms with Crippen molar-refractivity contribution in [2.24, 2.45) is 0 Å². The molecule has 0 bridgehead atoms. The summed E-state index contributed by atoms with van der Waals surface area (Å²) in [4.78, 5) is 30.6. The molecule has 1 saturated heterocycles. The maximum atomic E-state index is 12.6. The molecule has 2 heterocycles. The average molecular weight is 323 g/mol. The van der Waals surface area contributed by atoms with Gasteiger partial charge in [-0.2, -0.15) is 0 Å². The third-order valence-corrected chi connectivity index (χ3v) is 5.18. The van der Waals surface area contributed by atoms with E-state index in [2.05, 4.69) is 10.3 Å². The first-order valence-electron chi connectivity index (χ1n) is 7.68. The largest absolute Gasteiger partial charge is 0.378 e. The second-order valence-corrected chi connectivity index (χ2v) is 6.83. The summed E-state index contributed by atoms with van der Waals surface area (Å²) >= 11 is 1.50. The molecule has 6 nitrogen and oxygen atoms in total. The summed E-state index contributed by atoms with van der Waals surface area (Å²) in [5.41, 5.74) is 0.764. The number of rotatable bonds is 4. The van der Waals surface area contributed by atoms with Crippen LogP contribution in [0.15, 0.2) is 5.38 Å². The van der Waals surface area contributed by atoms with Crippen molar-refractivity contribution in [3.63, 3.8) is 0 Å². The highest BCUT2D eigenvalue weighted by Gasteiger charge is 2.38. The smallest absolute Gasteiger partial charge is 0.239 e. The molecule has 0 spiro atoms. The Kier molecular flexibility index (Phi) is 4.73. The molecule has 2 fully saturated rings. The first-order chi connectivity index (χ1) is 10.7. The number of thiazole rings is 1. The molecule has 1 aliphatic heterocycles. The highest BCUT2D eigenvalue weighted by atomic mass is 32.1. The summed E-state index contributed by atoms with van der Waals surface area (Å²) in [5, 5.41) is 5.79. The van der Waals surface area contributed by atoms with Crippen LogP contribution in [0.5, 0.6) is 0 Å². The van der Waals surface area contributed by atoms with Crippen LogP contribution < -0.4 is 5.32 Å². The van der Waals surface area contributed by atoms with Crippen molar-refractivity contribution in [3.8, 4) is 0 Å². The van der Waals surface area contributed by atoms with Gasteiger partial charge in [-0.15, -0.1) is 11.3 Å². The lowest BCUT2D eigenvalue weighted by Gasteiger charge is -2.43. The molecule has 1 aliphatic carbocycles. The van der Waals surface area contributed by atoms with Crippen molar-refractivity contribution in [2.45, 2.75) is 50.8 Å². The van der Waals surface area contributed by atoms with Crippen molar-refractivity contribution in [1.29, 1.82) is 0 Å². The van der Waals surface area contributed by atoms with E-state index in [1.54, 1.807) is 12.0 Å². The van der Waals surface area contributed by atoms with Gasteiger partial charge in [-0.1, -0.05) is 12.8 Å². The Bertz CT molecular complexity index is 560. The van der Waals surface area contributed by atoms with Crippen LogP contribution in [0.25, 0.3) is 0 Å². The number of aromatic nitrogens is 1. The van der Waals surface area contributed by atoms with Crippen LogP contribution in [-0.2, 0) is 27.4 Å². The first kappa shape index (κ1) is 15.4. The average Bonchev–Trinajstić information content (AvgIpc) is 2.94. The highest BCUT2D eigenvalue weighted by Crippen LogP contribution is 2.26. The number of methoxy groups -OCH3 is 1. The lowest BCUT2D eigenvalue weighted by Crippen LogP contribution is -2.63. The predicted octanol–water partition coefficient (Wildman–Crippen LogP) is 1.10. The van der Waals surface area contributed by atoms with Crippen LogP contribution in [0.3, 0.4) is 0 Å². The number of carbonyl (C=O) groups excluding carboxylic acids is 2. The van der Waals surface area contributed by atoms with Crippen molar-refractivity contribution in [2.75, 3.05) is 13.7 Å². The summed E-state index contributed by atoms with van der Waals surface area (Å²) in [6, 6.07) is 0.273. The Morgan fingerprint density at radius 3 is 3.14 bits per heavy atom. The number of nitrogens with zero attached hydrogens (tertiary/aromatic N) is 2. The van der Waals surface area contributed by atoms with E-state index in [0.717, 1.165) is 36.4 Å². The van der Waals surface area contributed by atoms with Crippen LogP contribution in [0.2, 0.25) is 0 Å². The van der Waals surface area contributed by atoms with Crippen LogP contribution in [0.4, 0.5) is 0 Å². The minimum atomic E-state index is -0.0464. The van der Waals surface area contributed by atoms with Gasteiger partial charge in [-0.05, 0) is 12.8 Å². The normalized spacial score (nSPS) is 24.8. The third kappa shape index (κ3) is 3.30. The van der Waals surface area contributed by atoms with Gasteiger partial charge in [0.15, 0.2) is 0 Å². The Hall–Kier alpha value is -1.47. The van der Waals surface area contributed by atoms with Gasteiger partial charge in [-0.25, -0.2) is 4.98 Å². The molecular weight excluding hydrogens is 302 g/mol. The summed E-state index contributed by atoms with van der Waals surface area (Å²) < 4.78 is 5.05. The van der Waals surface area contributed by atoms with Gasteiger partial charge in [0.25, 0.3) is 0 Å². The van der Waals surface area contributed by atoms with Gasteiger partial charge in [-0.3, -0.25) is 9.59 Å². The topological polar surface area (TPSA) is 71.5 Å².